The summed E-state index contributed by atoms with van der Waals surface area (Å²) in [5, 5.41) is 0. The molecule has 27 heavy (non-hydrogen) atoms. The van der Waals surface area contributed by atoms with E-state index in [4.69, 9.17) is 5.73 Å². The number of nitrogens with two attached hydrogens (primary N) is 1. The van der Waals surface area contributed by atoms with Gasteiger partial charge in [-0.05, 0) is 31.4 Å². The Morgan fingerprint density at radius 3 is 2.37 bits per heavy atom. The highest BCUT2D eigenvalue weighted by molar-refractivity contribution is 5.96. The Balaban J connectivity index is 0.00000182. The van der Waals surface area contributed by atoms with Gasteiger partial charge in [0.25, 0.3) is 0 Å². The first-order chi connectivity index (χ1) is 12.0. The Bertz CT molecular complexity index is 634. The summed E-state index contributed by atoms with van der Waals surface area (Å²) in [7, 11) is 0. The minimum atomic E-state index is -0.105. The molecule has 0 spiro atoms. The summed E-state index contributed by atoms with van der Waals surface area (Å²) in [6, 6.07) is 8.07. The predicted octanol–water partition coefficient (Wildman–Crippen LogP) is 1.69. The van der Waals surface area contributed by atoms with Crippen LogP contribution in [0.15, 0.2) is 24.3 Å². The summed E-state index contributed by atoms with van der Waals surface area (Å²) in [5.74, 6) is 0.272. The Morgan fingerprint density at radius 2 is 1.70 bits per heavy atom. The molecule has 152 valence electrons. The normalized spacial score (nSPS) is 18.0. The highest BCUT2D eigenvalue weighted by Gasteiger charge is 2.26. The largest absolute Gasteiger partial charge is 0.340 e. The second-order valence-electron chi connectivity index (χ2n) is 7.12. The first kappa shape index (κ1) is 23.7. The molecule has 2 aliphatic heterocycles. The van der Waals surface area contributed by atoms with Crippen molar-refractivity contribution in [2.45, 2.75) is 32.2 Å². The molecule has 0 aliphatic carbocycles. The summed E-state index contributed by atoms with van der Waals surface area (Å²) in [5.41, 5.74) is 8.02. The molecule has 0 radical (unpaired) electrons. The number of halogens is 2. The van der Waals surface area contributed by atoms with Crippen LogP contribution < -0.4 is 10.6 Å². The summed E-state index contributed by atoms with van der Waals surface area (Å²) in [6.07, 6.45) is 2.45. The average molecular weight is 417 g/mol. The molecule has 1 aromatic rings. The zero-order chi connectivity index (χ0) is 17.8. The lowest BCUT2D eigenvalue weighted by atomic mass is 10.0. The maximum absolute atomic E-state index is 12.8. The van der Waals surface area contributed by atoms with E-state index in [-0.39, 0.29) is 42.7 Å². The third kappa shape index (κ3) is 6.07. The van der Waals surface area contributed by atoms with E-state index in [0.717, 1.165) is 38.2 Å². The van der Waals surface area contributed by atoms with Gasteiger partial charge in [0.1, 0.15) is 0 Å². The Hall–Kier alpha value is -1.34. The van der Waals surface area contributed by atoms with Crippen LogP contribution in [-0.2, 0) is 16.0 Å². The Labute approximate surface area is 173 Å². The topological polar surface area (TPSA) is 69.9 Å². The molecular formula is C19H30Cl2N4O2. The first-order valence-electron chi connectivity index (χ1n) is 9.18. The molecule has 0 bridgehead atoms. The predicted molar refractivity (Wildman–Crippen MR) is 113 cm³/mol. The van der Waals surface area contributed by atoms with Crippen LogP contribution in [0.5, 0.6) is 0 Å². The fourth-order valence-corrected chi connectivity index (χ4v) is 3.63. The van der Waals surface area contributed by atoms with Gasteiger partial charge in [-0.3, -0.25) is 14.5 Å². The quantitative estimate of drug-likeness (QED) is 0.810. The van der Waals surface area contributed by atoms with Crippen molar-refractivity contribution >= 4 is 42.3 Å². The van der Waals surface area contributed by atoms with Crippen molar-refractivity contribution in [1.29, 1.82) is 0 Å². The first-order valence-corrected chi connectivity index (χ1v) is 9.18. The molecule has 3 rings (SSSR count). The van der Waals surface area contributed by atoms with Gasteiger partial charge in [0.15, 0.2) is 0 Å². The van der Waals surface area contributed by atoms with Gasteiger partial charge in [-0.15, -0.1) is 24.8 Å². The molecule has 2 aliphatic rings. The lowest BCUT2D eigenvalue weighted by Gasteiger charge is -2.36. The van der Waals surface area contributed by atoms with Crippen LogP contribution >= 0.6 is 24.8 Å². The number of amides is 2. The molecule has 1 unspecified atom stereocenters. The van der Waals surface area contributed by atoms with E-state index in [9.17, 15) is 9.59 Å². The second kappa shape index (κ2) is 10.9. The molecule has 8 heteroatoms. The number of fused-ring (bicyclic) bond motifs is 1. The smallest absolute Gasteiger partial charge is 0.241 e. The van der Waals surface area contributed by atoms with Gasteiger partial charge in [0, 0.05) is 50.9 Å². The Kier molecular flexibility index (Phi) is 9.53. The molecule has 0 aromatic heterocycles. The Morgan fingerprint density at radius 1 is 1.04 bits per heavy atom. The fourth-order valence-electron chi connectivity index (χ4n) is 3.63. The van der Waals surface area contributed by atoms with Crippen molar-refractivity contribution < 1.29 is 9.59 Å². The lowest BCUT2D eigenvalue weighted by Crippen LogP contribution is -2.52. The summed E-state index contributed by atoms with van der Waals surface area (Å²) >= 11 is 0. The van der Waals surface area contributed by atoms with Gasteiger partial charge in [-0.25, -0.2) is 0 Å². The number of hydrogen-bond acceptors (Lipinski definition) is 4. The summed E-state index contributed by atoms with van der Waals surface area (Å²) in [6.45, 7) is 5.90. The van der Waals surface area contributed by atoms with Crippen LogP contribution in [0, 0.1) is 0 Å². The number of nitrogens with zero attached hydrogens (tertiary/aromatic N) is 3. The summed E-state index contributed by atoms with van der Waals surface area (Å²) < 4.78 is 0. The highest BCUT2D eigenvalue weighted by atomic mass is 35.5. The van der Waals surface area contributed by atoms with Crippen molar-refractivity contribution in [3.63, 3.8) is 0 Å². The molecule has 2 amide bonds. The van der Waals surface area contributed by atoms with Crippen LogP contribution in [0.4, 0.5) is 5.69 Å². The third-order valence-electron chi connectivity index (χ3n) is 4.99. The standard InChI is InChI=1S/C19H28N4O2.2ClH/c1-15(20)13-18(24)22-11-9-21(10-12-22)14-19(25)23-8-4-6-16-5-2-3-7-17(16)23;;/h2-3,5,7,15H,4,6,8-14,20H2,1H3;2*1H. The molecular weight excluding hydrogens is 387 g/mol. The minimum Gasteiger partial charge on any atom is -0.340 e. The maximum atomic E-state index is 12.8. The van der Waals surface area contributed by atoms with Gasteiger partial charge in [0.2, 0.25) is 11.8 Å². The van der Waals surface area contributed by atoms with Crippen molar-refractivity contribution in [3.05, 3.63) is 29.8 Å². The van der Waals surface area contributed by atoms with E-state index in [0.29, 0.717) is 26.1 Å². The number of piperazine rings is 1. The number of hydrogen-bond donors (Lipinski definition) is 1. The van der Waals surface area contributed by atoms with Crippen LogP contribution in [0.1, 0.15) is 25.3 Å². The number of rotatable bonds is 4. The van der Waals surface area contributed by atoms with E-state index < -0.39 is 0 Å². The van der Waals surface area contributed by atoms with Crippen molar-refractivity contribution in [1.82, 2.24) is 9.80 Å². The third-order valence-corrected chi connectivity index (χ3v) is 4.99. The number of para-hydroxylation sites is 1. The van der Waals surface area contributed by atoms with E-state index in [1.54, 1.807) is 0 Å². The lowest BCUT2D eigenvalue weighted by molar-refractivity contribution is -0.133. The van der Waals surface area contributed by atoms with Crippen molar-refractivity contribution in [2.24, 2.45) is 5.73 Å². The molecule has 2 N–H and O–H groups in total. The van der Waals surface area contributed by atoms with Crippen LogP contribution in [0.2, 0.25) is 0 Å². The minimum absolute atomic E-state index is 0. The zero-order valence-corrected chi connectivity index (χ0v) is 17.4. The van der Waals surface area contributed by atoms with E-state index in [1.807, 2.05) is 34.9 Å². The van der Waals surface area contributed by atoms with Crippen LogP contribution in [0.3, 0.4) is 0 Å². The van der Waals surface area contributed by atoms with Crippen molar-refractivity contribution in [3.8, 4) is 0 Å². The SMILES string of the molecule is CC(N)CC(=O)N1CCN(CC(=O)N2CCCc3ccccc32)CC1.Cl.Cl. The van der Waals surface area contributed by atoms with E-state index >= 15 is 0 Å². The number of aryl methyl sites for hydroxylation is 1. The molecule has 1 atom stereocenters. The summed E-state index contributed by atoms with van der Waals surface area (Å²) in [4.78, 5) is 30.8. The van der Waals surface area contributed by atoms with Crippen molar-refractivity contribution in [2.75, 3.05) is 44.2 Å². The highest BCUT2D eigenvalue weighted by Crippen LogP contribution is 2.26. The number of carbonyl (C=O) groups is 2. The van der Waals surface area contributed by atoms with Gasteiger partial charge in [0.05, 0.1) is 6.54 Å². The number of carbonyl (C=O) groups excluding carboxylic acids is 2. The molecule has 1 fully saturated rings. The van der Waals surface area contributed by atoms with Gasteiger partial charge in [-0.2, -0.15) is 0 Å². The molecule has 2 heterocycles. The van der Waals surface area contributed by atoms with Gasteiger partial charge < -0.3 is 15.5 Å². The zero-order valence-electron chi connectivity index (χ0n) is 15.8. The van der Waals surface area contributed by atoms with Crippen LogP contribution in [0.25, 0.3) is 0 Å². The van der Waals surface area contributed by atoms with E-state index in [1.165, 1.54) is 5.56 Å². The second-order valence-corrected chi connectivity index (χ2v) is 7.12. The molecule has 1 saturated heterocycles. The molecule has 1 aromatic carbocycles. The monoisotopic (exact) mass is 416 g/mol. The fraction of sp³-hybridized carbons (Fsp3) is 0.579. The van der Waals surface area contributed by atoms with Crippen LogP contribution in [-0.4, -0.2) is 66.9 Å². The molecule has 0 saturated carbocycles. The van der Waals surface area contributed by atoms with Gasteiger partial charge >= 0.3 is 0 Å². The van der Waals surface area contributed by atoms with E-state index in [2.05, 4.69) is 11.0 Å². The number of benzene rings is 1. The van der Waals surface area contributed by atoms with Gasteiger partial charge in [-0.1, -0.05) is 18.2 Å². The number of anilines is 1. The maximum Gasteiger partial charge on any atom is 0.241 e. The molecule has 6 nitrogen and oxygen atoms in total. The average Bonchev–Trinajstić information content (AvgIpc) is 2.61.